The van der Waals surface area contributed by atoms with Crippen LogP contribution in [0.1, 0.15) is 187 Å². The molecule has 6 nitrogen and oxygen atoms in total. The van der Waals surface area contributed by atoms with E-state index in [0.717, 1.165) is 25.7 Å². The normalized spacial score (nSPS) is 11.9. The van der Waals surface area contributed by atoms with Gasteiger partial charge in [-0.25, -0.2) is 0 Å². The van der Waals surface area contributed by atoms with E-state index in [-0.39, 0.29) is 23.6 Å². The Morgan fingerprint density at radius 1 is 0.585 bits per heavy atom. The minimum absolute atomic E-state index is 0.0179. The SMILES string of the molecule is CCCCCCCCCCCCCCCC(=O)C[C@@H](CCCN=C(N)N)C(=O)NCCCCCCCCCCCC. The zero-order valence-corrected chi connectivity index (χ0v) is 27.5. The molecule has 0 fully saturated rings. The molecule has 1 amide bonds. The van der Waals surface area contributed by atoms with Crippen LogP contribution in [0, 0.1) is 5.92 Å². The fourth-order valence-electron chi connectivity index (χ4n) is 5.56. The number of hydrogen-bond acceptors (Lipinski definition) is 3. The van der Waals surface area contributed by atoms with Crippen molar-refractivity contribution in [2.45, 2.75) is 187 Å². The molecular formula is C35H70N4O2. The topological polar surface area (TPSA) is 111 Å². The van der Waals surface area contributed by atoms with Crippen molar-refractivity contribution < 1.29 is 9.59 Å². The molecule has 0 saturated heterocycles. The summed E-state index contributed by atoms with van der Waals surface area (Å²) in [7, 11) is 0. The second-order valence-electron chi connectivity index (χ2n) is 12.4. The van der Waals surface area contributed by atoms with Crippen molar-refractivity contribution in [3.05, 3.63) is 0 Å². The zero-order valence-electron chi connectivity index (χ0n) is 27.5. The Morgan fingerprint density at radius 3 is 1.44 bits per heavy atom. The summed E-state index contributed by atoms with van der Waals surface area (Å²) in [6.07, 6.45) is 31.9. The van der Waals surface area contributed by atoms with Gasteiger partial charge in [0.25, 0.3) is 0 Å². The van der Waals surface area contributed by atoms with Crippen LogP contribution in [0.2, 0.25) is 0 Å². The van der Waals surface area contributed by atoms with Gasteiger partial charge in [-0.1, -0.05) is 149 Å². The Bertz CT molecular complexity index is 619. The van der Waals surface area contributed by atoms with E-state index in [9.17, 15) is 9.59 Å². The second kappa shape index (κ2) is 31.3. The van der Waals surface area contributed by atoms with E-state index in [1.165, 1.54) is 122 Å². The molecule has 0 bridgehead atoms. The average molecular weight is 579 g/mol. The van der Waals surface area contributed by atoms with Gasteiger partial charge in [0.05, 0.1) is 0 Å². The highest BCUT2D eigenvalue weighted by Crippen LogP contribution is 2.17. The highest BCUT2D eigenvalue weighted by molar-refractivity contribution is 5.86. The largest absolute Gasteiger partial charge is 0.370 e. The van der Waals surface area contributed by atoms with Crippen LogP contribution in [-0.4, -0.2) is 30.7 Å². The molecule has 0 saturated carbocycles. The average Bonchev–Trinajstić information content (AvgIpc) is 2.95. The molecule has 0 aromatic heterocycles. The smallest absolute Gasteiger partial charge is 0.223 e. The molecule has 5 N–H and O–H groups in total. The number of rotatable bonds is 32. The van der Waals surface area contributed by atoms with Crippen LogP contribution >= 0.6 is 0 Å². The van der Waals surface area contributed by atoms with E-state index in [0.29, 0.717) is 38.8 Å². The summed E-state index contributed by atoms with van der Waals surface area (Å²) in [6.45, 7) is 5.72. The molecule has 0 radical (unpaired) electrons. The number of carbonyl (C=O) groups excluding carboxylic acids is 2. The van der Waals surface area contributed by atoms with Crippen molar-refractivity contribution in [3.63, 3.8) is 0 Å². The van der Waals surface area contributed by atoms with Crippen molar-refractivity contribution in [3.8, 4) is 0 Å². The Balaban J connectivity index is 4.06. The number of carbonyl (C=O) groups is 2. The van der Waals surface area contributed by atoms with Crippen LogP contribution in [0.3, 0.4) is 0 Å². The monoisotopic (exact) mass is 579 g/mol. The molecule has 0 unspecified atom stereocenters. The fraction of sp³-hybridized carbons (Fsp3) is 0.914. The quantitative estimate of drug-likeness (QED) is 0.0420. The van der Waals surface area contributed by atoms with E-state index in [4.69, 9.17) is 11.5 Å². The number of ketones is 1. The number of unbranched alkanes of at least 4 members (excludes halogenated alkanes) is 21. The van der Waals surface area contributed by atoms with Crippen LogP contribution in [0.5, 0.6) is 0 Å². The summed E-state index contributed by atoms with van der Waals surface area (Å²) in [5.41, 5.74) is 10.9. The number of hydrogen-bond donors (Lipinski definition) is 3. The molecule has 1 atom stereocenters. The number of amides is 1. The Labute approximate surface area is 255 Å². The molecule has 41 heavy (non-hydrogen) atoms. The zero-order chi connectivity index (χ0) is 30.2. The maximum Gasteiger partial charge on any atom is 0.223 e. The number of guanidine groups is 1. The fourth-order valence-corrected chi connectivity index (χ4v) is 5.56. The predicted octanol–water partition coefficient (Wildman–Crippen LogP) is 9.13. The van der Waals surface area contributed by atoms with Gasteiger partial charge < -0.3 is 16.8 Å². The molecule has 0 aromatic rings. The van der Waals surface area contributed by atoms with Gasteiger partial charge in [-0.05, 0) is 25.7 Å². The summed E-state index contributed by atoms with van der Waals surface area (Å²) >= 11 is 0. The minimum atomic E-state index is -0.276. The number of nitrogens with zero attached hydrogens (tertiary/aromatic N) is 1. The lowest BCUT2D eigenvalue weighted by Gasteiger charge is -2.16. The van der Waals surface area contributed by atoms with Crippen molar-refractivity contribution in [1.29, 1.82) is 0 Å². The molecule has 0 aliphatic rings. The van der Waals surface area contributed by atoms with Gasteiger partial charge in [0, 0.05) is 31.8 Å². The Hall–Kier alpha value is -1.59. The summed E-state index contributed by atoms with van der Waals surface area (Å²) in [5.74, 6) is 0.0329. The van der Waals surface area contributed by atoms with E-state index in [1.54, 1.807) is 0 Å². The van der Waals surface area contributed by atoms with E-state index in [2.05, 4.69) is 24.2 Å². The van der Waals surface area contributed by atoms with Gasteiger partial charge in [-0.3, -0.25) is 14.6 Å². The van der Waals surface area contributed by atoms with E-state index < -0.39 is 0 Å². The van der Waals surface area contributed by atoms with Crippen LogP contribution in [-0.2, 0) is 9.59 Å². The van der Waals surface area contributed by atoms with Gasteiger partial charge in [-0.2, -0.15) is 0 Å². The highest BCUT2D eigenvalue weighted by atomic mass is 16.2. The lowest BCUT2D eigenvalue weighted by Crippen LogP contribution is -2.33. The summed E-state index contributed by atoms with van der Waals surface area (Å²) in [4.78, 5) is 29.7. The molecule has 0 heterocycles. The third kappa shape index (κ3) is 29.7. The number of nitrogens with two attached hydrogens (primary N) is 2. The van der Waals surface area contributed by atoms with Gasteiger partial charge in [0.2, 0.25) is 5.91 Å². The number of Topliss-reactive ketones (excluding diaryl/α,β-unsaturated/α-hetero) is 1. The van der Waals surface area contributed by atoms with Gasteiger partial charge in [0.1, 0.15) is 5.78 Å². The maximum atomic E-state index is 12.9. The van der Waals surface area contributed by atoms with Crippen LogP contribution in [0.15, 0.2) is 4.99 Å². The van der Waals surface area contributed by atoms with Crippen molar-refractivity contribution >= 4 is 17.6 Å². The summed E-state index contributed by atoms with van der Waals surface area (Å²) < 4.78 is 0. The molecule has 242 valence electrons. The van der Waals surface area contributed by atoms with E-state index >= 15 is 0 Å². The summed E-state index contributed by atoms with van der Waals surface area (Å²) in [5, 5.41) is 3.10. The molecule has 0 spiro atoms. The standard InChI is InChI=1S/C35H70N4O2/c1-3-5-7-9-11-13-15-16-17-18-20-22-24-28-33(40)31-32(27-26-30-39-35(36)37)34(41)38-29-25-23-21-19-14-12-10-8-6-4-2/h32H,3-31H2,1-2H3,(H,38,41)(H4,36,37,39)/t32-/m1/s1. The second-order valence-corrected chi connectivity index (χ2v) is 12.4. The predicted molar refractivity (Wildman–Crippen MR) is 178 cm³/mol. The minimum Gasteiger partial charge on any atom is -0.370 e. The third-order valence-electron chi connectivity index (χ3n) is 8.24. The lowest BCUT2D eigenvalue weighted by atomic mass is 9.93. The van der Waals surface area contributed by atoms with Crippen molar-refractivity contribution in [2.75, 3.05) is 13.1 Å². The first-order valence-electron chi connectivity index (χ1n) is 17.9. The van der Waals surface area contributed by atoms with Crippen LogP contribution in [0.4, 0.5) is 0 Å². The van der Waals surface area contributed by atoms with Gasteiger partial charge in [0.15, 0.2) is 5.96 Å². The van der Waals surface area contributed by atoms with Crippen molar-refractivity contribution in [1.82, 2.24) is 5.32 Å². The van der Waals surface area contributed by atoms with Crippen molar-refractivity contribution in [2.24, 2.45) is 22.4 Å². The molecule has 0 aromatic carbocycles. The third-order valence-corrected chi connectivity index (χ3v) is 8.24. The molecule has 0 aliphatic heterocycles. The summed E-state index contributed by atoms with van der Waals surface area (Å²) in [6, 6.07) is 0. The number of nitrogens with one attached hydrogen (secondary N) is 1. The first kappa shape index (κ1) is 39.4. The lowest BCUT2D eigenvalue weighted by molar-refractivity contribution is -0.129. The van der Waals surface area contributed by atoms with Crippen LogP contribution < -0.4 is 16.8 Å². The number of aliphatic imine (C=N–C) groups is 1. The van der Waals surface area contributed by atoms with Gasteiger partial charge in [-0.15, -0.1) is 0 Å². The van der Waals surface area contributed by atoms with E-state index in [1.807, 2.05) is 0 Å². The Kier molecular flexibility index (Phi) is 30.1. The van der Waals surface area contributed by atoms with Crippen LogP contribution in [0.25, 0.3) is 0 Å². The molecule has 6 heteroatoms. The highest BCUT2D eigenvalue weighted by Gasteiger charge is 2.21. The maximum absolute atomic E-state index is 12.9. The molecule has 0 aliphatic carbocycles. The van der Waals surface area contributed by atoms with Gasteiger partial charge >= 0.3 is 0 Å². The first-order chi connectivity index (χ1) is 20.0. The molecular weight excluding hydrogens is 508 g/mol. The first-order valence-corrected chi connectivity index (χ1v) is 17.9. The Morgan fingerprint density at radius 2 is 1.00 bits per heavy atom. The molecule has 0 rings (SSSR count).